The topological polar surface area (TPSA) is 42.9 Å². The zero-order chi connectivity index (χ0) is 19.7. The van der Waals surface area contributed by atoms with Crippen molar-refractivity contribution in [2.75, 3.05) is 19.0 Å². The Morgan fingerprint density at radius 2 is 1.93 bits per heavy atom. The second kappa shape index (κ2) is 7.60. The van der Waals surface area contributed by atoms with Crippen LogP contribution in [0.1, 0.15) is 32.1 Å². The maximum atomic E-state index is 5.91. The fraction of sp³-hybridized carbons (Fsp3) is 0.318. The van der Waals surface area contributed by atoms with E-state index in [1.165, 1.54) is 10.4 Å². The molecule has 0 amide bonds. The van der Waals surface area contributed by atoms with Crippen LogP contribution in [0.4, 0.5) is 11.4 Å². The molecule has 1 aromatic heterocycles. The number of methoxy groups -OCH3 is 1. The fourth-order valence-corrected chi connectivity index (χ4v) is 6.27. The van der Waals surface area contributed by atoms with Gasteiger partial charge < -0.3 is 14.8 Å². The minimum atomic E-state index is -0.149. The molecule has 0 fully saturated rings. The Morgan fingerprint density at radius 3 is 2.71 bits per heavy atom. The Kier molecular flexibility index (Phi) is 5.17. The monoisotopic (exact) mass is 412 g/mol. The third kappa shape index (κ3) is 3.42. The van der Waals surface area contributed by atoms with Gasteiger partial charge in [-0.1, -0.05) is 39.7 Å². The van der Waals surface area contributed by atoms with Crippen molar-refractivity contribution in [3.8, 4) is 22.6 Å². The van der Waals surface area contributed by atoms with Crippen molar-refractivity contribution in [1.82, 2.24) is 0 Å². The first-order valence-electron chi connectivity index (χ1n) is 9.40. The van der Waals surface area contributed by atoms with E-state index in [1.807, 2.05) is 30.3 Å². The van der Waals surface area contributed by atoms with E-state index in [1.54, 1.807) is 27.8 Å². The highest BCUT2D eigenvalue weighted by molar-refractivity contribution is 7.68. The molecule has 0 aliphatic carbocycles. The highest BCUT2D eigenvalue weighted by atomic mass is 32.9. The van der Waals surface area contributed by atoms with Crippen LogP contribution in [0.2, 0.25) is 0 Å². The van der Waals surface area contributed by atoms with Crippen molar-refractivity contribution in [3.63, 3.8) is 0 Å². The number of hydrogen-bond donors (Lipinski definition) is 1. The van der Waals surface area contributed by atoms with Gasteiger partial charge in [-0.05, 0) is 50.6 Å². The van der Waals surface area contributed by atoms with Crippen LogP contribution in [0.3, 0.4) is 0 Å². The molecule has 28 heavy (non-hydrogen) atoms. The Labute approximate surface area is 172 Å². The first-order chi connectivity index (χ1) is 13.5. The molecule has 0 saturated heterocycles. The molecule has 0 saturated carbocycles. The van der Waals surface area contributed by atoms with Crippen LogP contribution < -0.4 is 19.5 Å². The minimum absolute atomic E-state index is 0.149. The van der Waals surface area contributed by atoms with Crippen molar-refractivity contribution < 1.29 is 9.47 Å². The summed E-state index contributed by atoms with van der Waals surface area (Å²) in [6.45, 7) is 7.22. The largest absolute Gasteiger partial charge is 0.497 e. The molecule has 4 rings (SSSR count). The summed E-state index contributed by atoms with van der Waals surface area (Å²) >= 11 is 0. The van der Waals surface area contributed by atoms with Crippen molar-refractivity contribution in [2.45, 2.75) is 32.7 Å². The molecule has 146 valence electrons. The lowest BCUT2D eigenvalue weighted by Crippen LogP contribution is -2.31. The van der Waals surface area contributed by atoms with E-state index in [0.29, 0.717) is 6.61 Å². The predicted octanol–water partition coefficient (Wildman–Crippen LogP) is 6.17. The van der Waals surface area contributed by atoms with Gasteiger partial charge in [-0.25, -0.2) is 4.99 Å². The summed E-state index contributed by atoms with van der Waals surface area (Å²) in [5.74, 6) is 1.68. The molecule has 2 aromatic carbocycles. The number of para-hydroxylation sites is 2. The molecule has 3 aromatic rings. The zero-order valence-corrected chi connectivity index (χ0v) is 18.2. The fourth-order valence-electron chi connectivity index (χ4n) is 3.34. The van der Waals surface area contributed by atoms with Crippen LogP contribution in [-0.2, 0) is 5.54 Å². The van der Waals surface area contributed by atoms with Crippen LogP contribution in [-0.4, -0.2) is 13.7 Å². The molecule has 1 aliphatic rings. The Morgan fingerprint density at radius 1 is 1.11 bits per heavy atom. The van der Waals surface area contributed by atoms with Gasteiger partial charge in [0.15, 0.2) is 0 Å². The maximum Gasteiger partial charge on any atom is 0.144 e. The highest BCUT2D eigenvalue weighted by Crippen LogP contribution is 2.46. The van der Waals surface area contributed by atoms with Gasteiger partial charge in [-0.3, -0.25) is 0 Å². The molecular formula is C22H24N2O2S2. The summed E-state index contributed by atoms with van der Waals surface area (Å²) in [4.78, 5) is 6.32. The lowest BCUT2D eigenvalue weighted by atomic mass is 9.90. The number of benzene rings is 2. The second-order valence-corrected chi connectivity index (χ2v) is 9.39. The molecule has 2 heterocycles. The molecular weight excluding hydrogens is 388 g/mol. The van der Waals surface area contributed by atoms with E-state index in [0.717, 1.165) is 39.5 Å². The number of nitrogens with one attached hydrogen (secondary N) is 1. The lowest BCUT2D eigenvalue weighted by Gasteiger charge is -2.33. The van der Waals surface area contributed by atoms with Gasteiger partial charge in [-0.15, -0.1) is 0 Å². The van der Waals surface area contributed by atoms with Crippen molar-refractivity contribution >= 4 is 32.1 Å². The van der Waals surface area contributed by atoms with Crippen molar-refractivity contribution in [1.29, 1.82) is 0 Å². The zero-order valence-electron chi connectivity index (χ0n) is 16.5. The van der Waals surface area contributed by atoms with Crippen molar-refractivity contribution in [3.05, 3.63) is 52.0 Å². The average Bonchev–Trinajstić information content (AvgIpc) is 3.12. The van der Waals surface area contributed by atoms with E-state index in [-0.39, 0.29) is 5.54 Å². The third-order valence-electron chi connectivity index (χ3n) is 4.70. The smallest absolute Gasteiger partial charge is 0.144 e. The van der Waals surface area contributed by atoms with E-state index < -0.39 is 0 Å². The van der Waals surface area contributed by atoms with Gasteiger partial charge in [0, 0.05) is 16.8 Å². The molecule has 1 aliphatic heterocycles. The van der Waals surface area contributed by atoms with Crippen LogP contribution in [0.15, 0.2) is 47.5 Å². The molecule has 1 N–H and O–H groups in total. The number of fused-ring (bicyclic) bond motifs is 3. The summed E-state index contributed by atoms with van der Waals surface area (Å²) in [5, 5.41) is 3.66. The van der Waals surface area contributed by atoms with Gasteiger partial charge in [0.25, 0.3) is 0 Å². The third-order valence-corrected chi connectivity index (χ3v) is 7.35. The average molecular weight is 413 g/mol. The van der Waals surface area contributed by atoms with Crippen LogP contribution in [0, 0.1) is 0 Å². The summed E-state index contributed by atoms with van der Waals surface area (Å²) < 4.78 is 12.4. The first-order valence-corrected chi connectivity index (χ1v) is 11.5. The van der Waals surface area contributed by atoms with Gasteiger partial charge in [0.1, 0.15) is 21.9 Å². The molecule has 0 radical (unpaired) electrons. The first kappa shape index (κ1) is 19.0. The minimum Gasteiger partial charge on any atom is -0.497 e. The van der Waals surface area contributed by atoms with Gasteiger partial charge in [0.2, 0.25) is 0 Å². The van der Waals surface area contributed by atoms with Gasteiger partial charge in [-0.2, -0.15) is 0 Å². The van der Waals surface area contributed by atoms with Crippen molar-refractivity contribution in [2.24, 2.45) is 4.99 Å². The number of anilines is 1. The number of hydrogen-bond acceptors (Lipinski definition) is 6. The standard InChI is InChI=1S/C22H24N2O2S2/c1-5-12-26-18-9-7-6-8-17(18)23-21-19-15-13-14(25-4)10-11-16(15)24-22(2,3)20(19)27-28-21/h6-11,13,24H,5,12H2,1-4H3. The summed E-state index contributed by atoms with van der Waals surface area (Å²) in [6, 6.07) is 14.2. The van der Waals surface area contributed by atoms with E-state index in [4.69, 9.17) is 14.5 Å². The lowest BCUT2D eigenvalue weighted by molar-refractivity contribution is 0.318. The summed E-state index contributed by atoms with van der Waals surface area (Å²) in [6.07, 6.45) is 0.970. The van der Waals surface area contributed by atoms with Gasteiger partial charge in [0.05, 0.1) is 24.1 Å². The number of rotatable bonds is 5. The van der Waals surface area contributed by atoms with E-state index in [2.05, 4.69) is 38.2 Å². The quantitative estimate of drug-likeness (QED) is 0.510. The van der Waals surface area contributed by atoms with Crippen LogP contribution >= 0.6 is 20.7 Å². The SMILES string of the molecule is CCCOc1ccccc1N=c1ssc2c1-c1cc(OC)ccc1NC2(C)C. The number of nitrogens with zero attached hydrogens (tertiary/aromatic N) is 1. The van der Waals surface area contributed by atoms with Gasteiger partial charge >= 0.3 is 0 Å². The summed E-state index contributed by atoms with van der Waals surface area (Å²) in [7, 11) is 5.19. The molecule has 0 atom stereocenters. The number of ether oxygens (including phenoxy) is 2. The normalized spacial score (nSPS) is 14.8. The Bertz CT molecular complexity index is 1070. The van der Waals surface area contributed by atoms with Crippen LogP contribution in [0.25, 0.3) is 11.1 Å². The predicted molar refractivity (Wildman–Crippen MR) is 118 cm³/mol. The highest BCUT2D eigenvalue weighted by Gasteiger charge is 2.33. The molecule has 6 heteroatoms. The van der Waals surface area contributed by atoms with E-state index >= 15 is 0 Å². The maximum absolute atomic E-state index is 5.91. The van der Waals surface area contributed by atoms with Crippen LogP contribution in [0.5, 0.6) is 11.5 Å². The Balaban J connectivity index is 1.91. The molecule has 0 spiro atoms. The molecule has 0 bridgehead atoms. The summed E-state index contributed by atoms with van der Waals surface area (Å²) in [5.41, 5.74) is 4.16. The second-order valence-electron chi connectivity index (χ2n) is 7.27. The molecule has 0 unspecified atom stereocenters. The molecule has 4 nitrogen and oxygen atoms in total. The Hall–Kier alpha value is -2.31. The van der Waals surface area contributed by atoms with E-state index in [9.17, 15) is 0 Å².